The Bertz CT molecular complexity index is 668. The summed E-state index contributed by atoms with van der Waals surface area (Å²) in [6.07, 6.45) is 3.24. The van der Waals surface area contributed by atoms with Crippen LogP contribution in [0.15, 0.2) is 6.07 Å². The molecule has 0 saturated heterocycles. The van der Waals surface area contributed by atoms with Gasteiger partial charge in [0.25, 0.3) is 0 Å². The molecule has 0 atom stereocenters. The fourth-order valence-electron chi connectivity index (χ4n) is 2.20. The molecule has 0 radical (unpaired) electrons. The third-order valence-corrected chi connectivity index (χ3v) is 4.55. The molecule has 6 heteroatoms. The van der Waals surface area contributed by atoms with Crippen molar-refractivity contribution in [2.24, 2.45) is 0 Å². The van der Waals surface area contributed by atoms with Gasteiger partial charge in [0.2, 0.25) is 0 Å². The third-order valence-electron chi connectivity index (χ3n) is 3.42. The van der Waals surface area contributed by atoms with Gasteiger partial charge in [0.1, 0.15) is 21.5 Å². The number of hydrogen-bond acceptors (Lipinski definition) is 6. The van der Waals surface area contributed by atoms with Crippen molar-refractivity contribution in [2.45, 2.75) is 40.0 Å². The summed E-state index contributed by atoms with van der Waals surface area (Å²) in [6.45, 7) is 6.04. The van der Waals surface area contributed by atoms with Gasteiger partial charge in [0.15, 0.2) is 6.29 Å². The number of carbonyl (C=O) groups excluding carboxylic acids is 1. The lowest BCUT2D eigenvalue weighted by Gasteiger charge is -2.14. The number of aromatic hydroxyl groups is 1. The van der Waals surface area contributed by atoms with Crippen LogP contribution in [0.5, 0.6) is 11.5 Å². The minimum Gasteiger partial charge on any atom is -0.507 e. The first kappa shape index (κ1) is 16.4. The Kier molecular flexibility index (Phi) is 5.49. The van der Waals surface area contributed by atoms with Crippen molar-refractivity contribution >= 4 is 17.6 Å². The predicted molar refractivity (Wildman–Crippen MR) is 86.1 cm³/mol. The van der Waals surface area contributed by atoms with Crippen molar-refractivity contribution in [3.05, 3.63) is 32.8 Å². The van der Waals surface area contributed by atoms with Gasteiger partial charge in [-0.25, -0.2) is 0 Å². The highest BCUT2D eigenvalue weighted by Gasteiger charge is 2.13. The van der Waals surface area contributed by atoms with E-state index >= 15 is 0 Å². The Labute approximate surface area is 134 Å². The van der Waals surface area contributed by atoms with Crippen LogP contribution < -0.4 is 4.74 Å². The van der Waals surface area contributed by atoms with E-state index in [-0.39, 0.29) is 5.75 Å². The summed E-state index contributed by atoms with van der Waals surface area (Å²) in [6, 6.07) is 1.64. The zero-order valence-corrected chi connectivity index (χ0v) is 13.9. The molecular formula is C16H20N2O3S. The number of aryl methyl sites for hydroxylation is 3. The molecule has 1 heterocycles. The number of aldehydes is 1. The van der Waals surface area contributed by atoms with Gasteiger partial charge in [-0.2, -0.15) is 0 Å². The van der Waals surface area contributed by atoms with Gasteiger partial charge in [-0.3, -0.25) is 4.79 Å². The minimum absolute atomic E-state index is 0.178. The first-order valence-corrected chi connectivity index (χ1v) is 8.10. The second-order valence-corrected chi connectivity index (χ2v) is 6.25. The number of phenols is 1. The monoisotopic (exact) mass is 320 g/mol. The lowest BCUT2D eigenvalue weighted by Crippen LogP contribution is -2.04. The zero-order chi connectivity index (χ0) is 16.1. The smallest absolute Gasteiger partial charge is 0.153 e. The van der Waals surface area contributed by atoms with Crippen LogP contribution in [0.3, 0.4) is 0 Å². The van der Waals surface area contributed by atoms with Crippen molar-refractivity contribution in [2.75, 3.05) is 6.61 Å². The largest absolute Gasteiger partial charge is 0.507 e. The fraction of sp³-hybridized carbons (Fsp3) is 0.438. The maximum Gasteiger partial charge on any atom is 0.153 e. The molecule has 1 aromatic heterocycles. The average Bonchev–Trinajstić information content (AvgIpc) is 2.98. The van der Waals surface area contributed by atoms with Crippen LogP contribution in [-0.4, -0.2) is 28.2 Å². The Hall–Kier alpha value is -1.95. The van der Waals surface area contributed by atoms with Gasteiger partial charge in [0.05, 0.1) is 12.2 Å². The molecule has 1 N–H and O–H groups in total. The second-order valence-electron chi connectivity index (χ2n) is 5.10. The van der Waals surface area contributed by atoms with Crippen molar-refractivity contribution < 1.29 is 14.6 Å². The van der Waals surface area contributed by atoms with Crippen LogP contribution in [0.25, 0.3) is 0 Å². The number of phenolic OH excluding ortho intramolecular Hbond substituents is 1. The van der Waals surface area contributed by atoms with E-state index in [1.807, 2.05) is 0 Å². The molecule has 1 aromatic carbocycles. The van der Waals surface area contributed by atoms with Gasteiger partial charge in [0, 0.05) is 12.0 Å². The van der Waals surface area contributed by atoms with Gasteiger partial charge in [-0.05, 0) is 38.3 Å². The average molecular weight is 320 g/mol. The van der Waals surface area contributed by atoms with Crippen molar-refractivity contribution in [1.29, 1.82) is 0 Å². The maximum absolute atomic E-state index is 11.2. The van der Waals surface area contributed by atoms with Crippen LogP contribution >= 0.6 is 11.3 Å². The zero-order valence-electron chi connectivity index (χ0n) is 13.0. The van der Waals surface area contributed by atoms with Crippen molar-refractivity contribution in [1.82, 2.24) is 10.2 Å². The molecule has 0 fully saturated rings. The second kappa shape index (κ2) is 7.35. The minimum atomic E-state index is 0.178. The summed E-state index contributed by atoms with van der Waals surface area (Å²) >= 11 is 1.62. The maximum atomic E-state index is 11.2. The molecule has 2 rings (SSSR count). The van der Waals surface area contributed by atoms with Crippen molar-refractivity contribution in [3.8, 4) is 11.5 Å². The number of benzene rings is 1. The van der Waals surface area contributed by atoms with E-state index in [1.54, 1.807) is 31.3 Å². The first-order valence-electron chi connectivity index (χ1n) is 7.29. The SMILES string of the molecule is CCc1nnc(CCCOc2c(C=O)cc(C)c(O)c2C)s1. The van der Waals surface area contributed by atoms with Crippen LogP contribution in [0.1, 0.15) is 44.8 Å². The Balaban J connectivity index is 1.96. The molecule has 0 aliphatic carbocycles. The van der Waals surface area contributed by atoms with Crippen LogP contribution in [0.2, 0.25) is 0 Å². The summed E-state index contributed by atoms with van der Waals surface area (Å²) in [5.74, 6) is 0.641. The normalized spacial score (nSPS) is 10.7. The third kappa shape index (κ3) is 3.62. The quantitative estimate of drug-likeness (QED) is 0.626. The fourth-order valence-corrected chi connectivity index (χ4v) is 3.02. The highest BCUT2D eigenvalue weighted by molar-refractivity contribution is 7.11. The highest BCUT2D eigenvalue weighted by atomic mass is 32.1. The lowest BCUT2D eigenvalue weighted by atomic mass is 10.0. The van der Waals surface area contributed by atoms with Crippen LogP contribution in [-0.2, 0) is 12.8 Å². The summed E-state index contributed by atoms with van der Waals surface area (Å²) in [4.78, 5) is 11.2. The summed E-state index contributed by atoms with van der Waals surface area (Å²) < 4.78 is 5.71. The van der Waals surface area contributed by atoms with Gasteiger partial charge in [-0.1, -0.05) is 6.92 Å². The standard InChI is InChI=1S/C16H20N2O3S/c1-4-13-17-18-14(22-13)6-5-7-21-16-11(3)15(20)10(2)8-12(16)9-19/h8-9,20H,4-7H2,1-3H3. The summed E-state index contributed by atoms with van der Waals surface area (Å²) in [5.41, 5.74) is 1.75. The summed E-state index contributed by atoms with van der Waals surface area (Å²) in [7, 11) is 0. The van der Waals surface area contributed by atoms with E-state index in [1.165, 1.54) is 0 Å². The number of ether oxygens (including phenoxy) is 1. The Morgan fingerprint density at radius 2 is 2.05 bits per heavy atom. The lowest BCUT2D eigenvalue weighted by molar-refractivity contribution is 0.111. The predicted octanol–water partition coefficient (Wildman–Crippen LogP) is 3.25. The molecule has 2 aromatic rings. The van der Waals surface area contributed by atoms with Gasteiger partial charge < -0.3 is 9.84 Å². The van der Waals surface area contributed by atoms with E-state index in [9.17, 15) is 9.90 Å². The summed E-state index contributed by atoms with van der Waals surface area (Å²) in [5, 5.41) is 20.2. The van der Waals surface area contributed by atoms with E-state index in [2.05, 4.69) is 17.1 Å². The molecule has 5 nitrogen and oxygen atoms in total. The number of carbonyl (C=O) groups is 1. The van der Waals surface area contributed by atoms with Gasteiger partial charge >= 0.3 is 0 Å². The molecule has 0 saturated carbocycles. The molecule has 0 unspecified atom stereocenters. The molecule has 22 heavy (non-hydrogen) atoms. The van der Waals surface area contributed by atoms with E-state index < -0.39 is 0 Å². The highest BCUT2D eigenvalue weighted by Crippen LogP contribution is 2.33. The van der Waals surface area contributed by atoms with E-state index in [0.717, 1.165) is 35.6 Å². The molecule has 0 spiro atoms. The number of hydrogen-bond donors (Lipinski definition) is 1. The van der Waals surface area contributed by atoms with Crippen molar-refractivity contribution in [3.63, 3.8) is 0 Å². The van der Waals surface area contributed by atoms with Crippen LogP contribution in [0.4, 0.5) is 0 Å². The Morgan fingerprint density at radius 1 is 1.32 bits per heavy atom. The van der Waals surface area contributed by atoms with E-state index in [0.29, 0.717) is 29.0 Å². The number of aromatic nitrogens is 2. The molecular weight excluding hydrogens is 300 g/mol. The molecule has 0 bridgehead atoms. The molecule has 118 valence electrons. The number of rotatable bonds is 7. The molecule has 0 amide bonds. The topological polar surface area (TPSA) is 72.3 Å². The van der Waals surface area contributed by atoms with Gasteiger partial charge in [-0.15, -0.1) is 21.5 Å². The number of nitrogens with zero attached hydrogens (tertiary/aromatic N) is 2. The molecule has 0 aliphatic heterocycles. The van der Waals surface area contributed by atoms with E-state index in [4.69, 9.17) is 4.74 Å². The molecule has 0 aliphatic rings. The van der Waals surface area contributed by atoms with Crippen LogP contribution in [0, 0.1) is 13.8 Å². The Morgan fingerprint density at radius 3 is 2.68 bits per heavy atom. The first-order chi connectivity index (χ1) is 10.6.